The number of aromatic nitrogens is 2. The monoisotopic (exact) mass is 387 g/mol. The Morgan fingerprint density at radius 2 is 1.85 bits per heavy atom. The molecule has 27 heavy (non-hydrogen) atoms. The Balaban J connectivity index is 1.68. The zero-order chi connectivity index (χ0) is 19.4. The van der Waals surface area contributed by atoms with Crippen LogP contribution in [0.2, 0.25) is 0 Å². The molecule has 0 atom stereocenters. The normalized spacial score (nSPS) is 11.5. The van der Waals surface area contributed by atoms with Gasteiger partial charge >= 0.3 is 0 Å². The molecule has 8 heteroatoms. The van der Waals surface area contributed by atoms with E-state index in [1.165, 1.54) is 47.3 Å². The fourth-order valence-corrected chi connectivity index (χ4v) is 3.66. The van der Waals surface area contributed by atoms with Crippen LogP contribution in [-0.2, 0) is 16.6 Å². The largest absolute Gasteiger partial charge is 0.298 e. The average molecular weight is 387 g/mol. The number of nitrogens with one attached hydrogen (secondary N) is 1. The highest BCUT2D eigenvalue weighted by Gasteiger charge is 2.13. The summed E-state index contributed by atoms with van der Waals surface area (Å²) in [5.41, 5.74) is 1.58. The van der Waals surface area contributed by atoms with Gasteiger partial charge in [0.2, 0.25) is 10.0 Å². The van der Waals surface area contributed by atoms with Gasteiger partial charge in [0.15, 0.2) is 0 Å². The summed E-state index contributed by atoms with van der Waals surface area (Å²) >= 11 is 0. The summed E-state index contributed by atoms with van der Waals surface area (Å²) < 4.78 is 41.3. The molecule has 0 aliphatic heterocycles. The lowest BCUT2D eigenvalue weighted by Crippen LogP contribution is -2.31. The highest BCUT2D eigenvalue weighted by atomic mass is 32.2. The van der Waals surface area contributed by atoms with Crippen LogP contribution in [0.4, 0.5) is 4.39 Å². The number of aryl methyl sites for hydroxylation is 1. The molecule has 1 heterocycles. The first-order valence-corrected chi connectivity index (χ1v) is 9.72. The predicted molar refractivity (Wildman–Crippen MR) is 100 cm³/mol. The minimum Gasteiger partial charge on any atom is -0.298 e. The molecule has 0 amide bonds. The average Bonchev–Trinajstić information content (AvgIpc) is 2.63. The van der Waals surface area contributed by atoms with Crippen molar-refractivity contribution in [2.75, 3.05) is 6.54 Å². The Morgan fingerprint density at radius 1 is 1.11 bits per heavy atom. The molecule has 1 N–H and O–H groups in total. The van der Waals surface area contributed by atoms with Crippen molar-refractivity contribution in [3.8, 4) is 11.3 Å². The van der Waals surface area contributed by atoms with Crippen LogP contribution in [0.1, 0.15) is 5.56 Å². The molecular formula is C19H18FN3O3S. The second kappa shape index (κ2) is 7.81. The number of halogens is 1. The number of sulfonamides is 1. The van der Waals surface area contributed by atoms with E-state index in [9.17, 15) is 17.6 Å². The van der Waals surface area contributed by atoms with Gasteiger partial charge in [0.25, 0.3) is 5.56 Å². The summed E-state index contributed by atoms with van der Waals surface area (Å²) in [7, 11) is -3.64. The molecule has 1 aromatic heterocycles. The molecule has 140 valence electrons. The van der Waals surface area contributed by atoms with Crippen molar-refractivity contribution >= 4 is 10.0 Å². The van der Waals surface area contributed by atoms with Crippen LogP contribution >= 0.6 is 0 Å². The number of nitrogens with zero attached hydrogens (tertiary/aromatic N) is 2. The van der Waals surface area contributed by atoms with Crippen LogP contribution in [0, 0.1) is 12.7 Å². The van der Waals surface area contributed by atoms with E-state index in [-0.39, 0.29) is 29.4 Å². The Labute approximate surface area is 156 Å². The number of hydrogen-bond donors (Lipinski definition) is 1. The molecule has 6 nitrogen and oxygen atoms in total. The van der Waals surface area contributed by atoms with Gasteiger partial charge in [-0.2, -0.15) is 0 Å². The second-order valence-electron chi connectivity index (χ2n) is 6.03. The Bertz CT molecular complexity index is 1110. The predicted octanol–water partition coefficient (Wildman–Crippen LogP) is 2.34. The Hall–Kier alpha value is -2.84. The maximum atomic E-state index is 13.0. The highest BCUT2D eigenvalue weighted by molar-refractivity contribution is 7.89. The molecule has 2 aromatic carbocycles. The summed E-state index contributed by atoms with van der Waals surface area (Å²) in [6.07, 6.45) is 1.35. The third-order valence-corrected chi connectivity index (χ3v) is 5.42. The molecule has 0 spiro atoms. The van der Waals surface area contributed by atoms with E-state index in [4.69, 9.17) is 0 Å². The van der Waals surface area contributed by atoms with E-state index in [2.05, 4.69) is 9.71 Å². The summed E-state index contributed by atoms with van der Waals surface area (Å²) in [6.45, 7) is 2.00. The number of hydrogen-bond acceptors (Lipinski definition) is 4. The number of rotatable bonds is 6. The lowest BCUT2D eigenvalue weighted by atomic mass is 10.1. The standard InChI is InChI=1S/C19H18FN3O3S/c1-14-3-2-4-17(11-14)27(25,26)22-9-10-23-13-21-18(12-19(23)24)15-5-7-16(20)8-6-15/h2-8,11-13,22H,9-10H2,1H3. The van der Waals surface area contributed by atoms with Gasteiger partial charge in [-0.25, -0.2) is 22.5 Å². The van der Waals surface area contributed by atoms with Gasteiger partial charge in [-0.3, -0.25) is 9.36 Å². The fraction of sp³-hybridized carbons (Fsp3) is 0.158. The van der Waals surface area contributed by atoms with Gasteiger partial charge in [0.05, 0.1) is 16.9 Å². The summed E-state index contributed by atoms with van der Waals surface area (Å²) in [5.74, 6) is -0.368. The molecule has 0 saturated heterocycles. The molecular weight excluding hydrogens is 369 g/mol. The van der Waals surface area contributed by atoms with Crippen LogP contribution in [-0.4, -0.2) is 24.5 Å². The van der Waals surface area contributed by atoms with E-state index in [0.29, 0.717) is 11.3 Å². The van der Waals surface area contributed by atoms with E-state index < -0.39 is 10.0 Å². The zero-order valence-corrected chi connectivity index (χ0v) is 15.4. The van der Waals surface area contributed by atoms with Gasteiger partial charge in [0, 0.05) is 24.7 Å². The lowest BCUT2D eigenvalue weighted by Gasteiger charge is -2.09. The van der Waals surface area contributed by atoms with Gasteiger partial charge in [-0.1, -0.05) is 12.1 Å². The topological polar surface area (TPSA) is 81.1 Å². The van der Waals surface area contributed by atoms with E-state index in [0.717, 1.165) is 5.56 Å². The Morgan fingerprint density at radius 3 is 2.52 bits per heavy atom. The van der Waals surface area contributed by atoms with Crippen molar-refractivity contribution in [1.29, 1.82) is 0 Å². The molecule has 0 fully saturated rings. The van der Waals surface area contributed by atoms with E-state index in [1.54, 1.807) is 12.1 Å². The summed E-state index contributed by atoms with van der Waals surface area (Å²) in [6, 6.07) is 13.6. The maximum absolute atomic E-state index is 13.0. The first kappa shape index (κ1) is 18.9. The van der Waals surface area contributed by atoms with Crippen LogP contribution in [0.15, 0.2) is 70.6 Å². The van der Waals surface area contributed by atoms with Crippen molar-refractivity contribution in [1.82, 2.24) is 14.3 Å². The molecule has 0 aliphatic rings. The number of benzene rings is 2. The molecule has 3 rings (SSSR count). The van der Waals surface area contributed by atoms with Gasteiger partial charge in [-0.05, 0) is 48.9 Å². The minimum atomic E-state index is -3.64. The summed E-state index contributed by atoms with van der Waals surface area (Å²) in [4.78, 5) is 16.6. The molecule has 3 aromatic rings. The molecule has 0 saturated carbocycles. The maximum Gasteiger partial charge on any atom is 0.253 e. The molecule has 0 unspecified atom stereocenters. The first-order valence-electron chi connectivity index (χ1n) is 8.24. The van der Waals surface area contributed by atoms with Crippen LogP contribution in [0.5, 0.6) is 0 Å². The van der Waals surface area contributed by atoms with Gasteiger partial charge in [0.1, 0.15) is 5.82 Å². The summed E-state index contributed by atoms with van der Waals surface area (Å²) in [5, 5.41) is 0. The van der Waals surface area contributed by atoms with Gasteiger partial charge < -0.3 is 0 Å². The van der Waals surface area contributed by atoms with Crippen LogP contribution in [0.25, 0.3) is 11.3 Å². The van der Waals surface area contributed by atoms with Crippen molar-refractivity contribution < 1.29 is 12.8 Å². The van der Waals surface area contributed by atoms with Crippen molar-refractivity contribution in [3.63, 3.8) is 0 Å². The lowest BCUT2D eigenvalue weighted by molar-refractivity contribution is 0.569. The third kappa shape index (κ3) is 4.66. The van der Waals surface area contributed by atoms with Gasteiger partial charge in [-0.15, -0.1) is 0 Å². The van der Waals surface area contributed by atoms with E-state index in [1.807, 2.05) is 13.0 Å². The molecule has 0 radical (unpaired) electrons. The van der Waals surface area contributed by atoms with Crippen LogP contribution in [0.3, 0.4) is 0 Å². The third-order valence-electron chi connectivity index (χ3n) is 3.96. The van der Waals surface area contributed by atoms with Crippen molar-refractivity contribution in [3.05, 3.63) is 82.7 Å². The first-order chi connectivity index (χ1) is 12.8. The minimum absolute atomic E-state index is 0.0494. The molecule has 0 bridgehead atoms. The quantitative estimate of drug-likeness (QED) is 0.704. The molecule has 0 aliphatic carbocycles. The Kier molecular flexibility index (Phi) is 5.48. The van der Waals surface area contributed by atoms with Crippen molar-refractivity contribution in [2.45, 2.75) is 18.4 Å². The second-order valence-corrected chi connectivity index (χ2v) is 7.79. The fourth-order valence-electron chi connectivity index (χ4n) is 2.54. The highest BCUT2D eigenvalue weighted by Crippen LogP contribution is 2.15. The van der Waals surface area contributed by atoms with Crippen molar-refractivity contribution in [2.24, 2.45) is 0 Å². The SMILES string of the molecule is Cc1cccc(S(=O)(=O)NCCn2cnc(-c3ccc(F)cc3)cc2=O)c1. The van der Waals surface area contributed by atoms with Crippen LogP contribution < -0.4 is 10.3 Å². The van der Waals surface area contributed by atoms with E-state index >= 15 is 0 Å². The zero-order valence-electron chi connectivity index (χ0n) is 14.6. The smallest absolute Gasteiger partial charge is 0.253 e.